The van der Waals surface area contributed by atoms with E-state index in [0.717, 1.165) is 13.0 Å². The molecule has 68 valence electrons. The standard InChI is InChI=1S/C8H14O2.ClH.Zn/c1-2-6-9-8-5-3-4-7-10-8;;/h2,6,8H,3-5,7H2,1H3;1H;/p-1/b6-2+;;. The van der Waals surface area contributed by atoms with E-state index in [1.807, 2.05) is 13.0 Å². The topological polar surface area (TPSA) is 18.5 Å². The van der Waals surface area contributed by atoms with Gasteiger partial charge < -0.3 is 21.9 Å². The van der Waals surface area contributed by atoms with E-state index in [0.29, 0.717) is 0 Å². The van der Waals surface area contributed by atoms with E-state index >= 15 is 0 Å². The van der Waals surface area contributed by atoms with Crippen LogP contribution >= 0.6 is 0 Å². The van der Waals surface area contributed by atoms with Crippen molar-refractivity contribution in [1.82, 2.24) is 0 Å². The molecule has 0 aromatic rings. The summed E-state index contributed by atoms with van der Waals surface area (Å²) >= 11 is 0. The Balaban J connectivity index is 0. The van der Waals surface area contributed by atoms with Crippen molar-refractivity contribution in [3.05, 3.63) is 12.3 Å². The molecule has 1 fully saturated rings. The van der Waals surface area contributed by atoms with E-state index in [1.54, 1.807) is 6.26 Å². The molecule has 0 aliphatic carbocycles. The molecule has 0 saturated carbocycles. The summed E-state index contributed by atoms with van der Waals surface area (Å²) in [5, 5.41) is 0. The van der Waals surface area contributed by atoms with Crippen LogP contribution in [0, 0.1) is 0 Å². The molecule has 1 rings (SSSR count). The number of hydrogen-bond acceptors (Lipinski definition) is 2. The van der Waals surface area contributed by atoms with Crippen molar-refractivity contribution in [2.24, 2.45) is 0 Å². The Hall–Kier alpha value is 0.413. The zero-order chi connectivity index (χ0) is 7.23. The average Bonchev–Trinajstić information content (AvgIpc) is 2.03. The maximum atomic E-state index is 5.31. The van der Waals surface area contributed by atoms with Gasteiger partial charge in [0, 0.05) is 25.9 Å². The zero-order valence-corrected chi connectivity index (χ0v) is 11.2. The minimum absolute atomic E-state index is 0. The maximum Gasteiger partial charge on any atom is 0.198 e. The summed E-state index contributed by atoms with van der Waals surface area (Å²) in [5.41, 5.74) is 0. The fraction of sp³-hybridized carbons (Fsp3) is 0.750. The third kappa shape index (κ3) is 5.99. The number of ether oxygens (including phenoxy) is 2. The Morgan fingerprint density at radius 1 is 1.42 bits per heavy atom. The molecule has 1 heterocycles. The molecule has 2 nitrogen and oxygen atoms in total. The molecule has 0 bridgehead atoms. The van der Waals surface area contributed by atoms with Crippen molar-refractivity contribution in [2.75, 3.05) is 6.61 Å². The van der Waals surface area contributed by atoms with Crippen LogP contribution in [0.3, 0.4) is 0 Å². The van der Waals surface area contributed by atoms with Crippen molar-refractivity contribution < 1.29 is 41.4 Å². The van der Waals surface area contributed by atoms with Crippen LogP contribution in [0.1, 0.15) is 26.2 Å². The Morgan fingerprint density at radius 2 is 2.17 bits per heavy atom. The SMILES string of the molecule is C/C=C/OC1CCCCO1.[Cl-].[Zn]. The quantitative estimate of drug-likeness (QED) is 0.460. The van der Waals surface area contributed by atoms with E-state index in [1.165, 1.54) is 12.8 Å². The monoisotopic (exact) mass is 241 g/mol. The van der Waals surface area contributed by atoms with Crippen LogP contribution < -0.4 is 12.4 Å². The van der Waals surface area contributed by atoms with Gasteiger partial charge in [0.25, 0.3) is 0 Å². The van der Waals surface area contributed by atoms with Gasteiger partial charge in [-0.05, 0) is 19.8 Å². The first-order valence-electron chi connectivity index (χ1n) is 3.81. The minimum atomic E-state index is 0. The molecule has 0 radical (unpaired) electrons. The normalized spacial score (nSPS) is 22.6. The second-order valence-corrected chi connectivity index (χ2v) is 2.40. The molecule has 1 saturated heterocycles. The van der Waals surface area contributed by atoms with Crippen molar-refractivity contribution in [3.8, 4) is 0 Å². The maximum absolute atomic E-state index is 5.31. The molecular weight excluding hydrogens is 229 g/mol. The predicted molar refractivity (Wildman–Crippen MR) is 39.5 cm³/mol. The molecule has 1 atom stereocenters. The Bertz CT molecular complexity index is 114. The molecule has 4 heteroatoms. The summed E-state index contributed by atoms with van der Waals surface area (Å²) < 4.78 is 10.5. The summed E-state index contributed by atoms with van der Waals surface area (Å²) in [6.45, 7) is 2.78. The third-order valence-electron chi connectivity index (χ3n) is 1.50. The van der Waals surface area contributed by atoms with Gasteiger partial charge in [0.2, 0.25) is 0 Å². The summed E-state index contributed by atoms with van der Waals surface area (Å²) in [6, 6.07) is 0. The van der Waals surface area contributed by atoms with E-state index in [9.17, 15) is 0 Å². The van der Waals surface area contributed by atoms with Crippen molar-refractivity contribution >= 4 is 0 Å². The van der Waals surface area contributed by atoms with E-state index in [-0.39, 0.29) is 38.2 Å². The molecule has 12 heavy (non-hydrogen) atoms. The fourth-order valence-corrected chi connectivity index (χ4v) is 0.985. The largest absolute Gasteiger partial charge is 1.00 e. The minimum Gasteiger partial charge on any atom is -1.00 e. The Labute approximate surface area is 92.9 Å². The Kier molecular flexibility index (Phi) is 11.8. The van der Waals surface area contributed by atoms with Gasteiger partial charge in [-0.3, -0.25) is 0 Å². The number of allylic oxidation sites excluding steroid dienone is 1. The van der Waals surface area contributed by atoms with Crippen LogP contribution in [0.4, 0.5) is 0 Å². The van der Waals surface area contributed by atoms with Crippen LogP contribution in [0.15, 0.2) is 12.3 Å². The molecule has 1 aliphatic rings. The van der Waals surface area contributed by atoms with E-state index < -0.39 is 0 Å². The van der Waals surface area contributed by atoms with Crippen LogP contribution in [0.2, 0.25) is 0 Å². The molecular formula is C8H14ClO2Zn-. The Morgan fingerprint density at radius 3 is 2.67 bits per heavy atom. The van der Waals surface area contributed by atoms with Crippen LogP contribution in [-0.4, -0.2) is 12.9 Å². The third-order valence-corrected chi connectivity index (χ3v) is 1.50. The smallest absolute Gasteiger partial charge is 0.198 e. The zero-order valence-electron chi connectivity index (χ0n) is 7.46. The molecule has 1 unspecified atom stereocenters. The number of hydrogen-bond donors (Lipinski definition) is 0. The first-order chi connectivity index (χ1) is 4.93. The molecule has 0 amide bonds. The van der Waals surface area contributed by atoms with E-state index in [4.69, 9.17) is 9.47 Å². The summed E-state index contributed by atoms with van der Waals surface area (Å²) in [6.07, 6.45) is 7.01. The second kappa shape index (κ2) is 9.50. The van der Waals surface area contributed by atoms with Gasteiger partial charge in [-0.15, -0.1) is 0 Å². The summed E-state index contributed by atoms with van der Waals surface area (Å²) in [5.74, 6) is 0. The van der Waals surface area contributed by atoms with Gasteiger partial charge in [0.05, 0.1) is 12.9 Å². The first kappa shape index (κ1) is 14.9. The molecule has 0 aromatic heterocycles. The van der Waals surface area contributed by atoms with Gasteiger partial charge in [-0.25, -0.2) is 0 Å². The second-order valence-electron chi connectivity index (χ2n) is 2.40. The van der Waals surface area contributed by atoms with Gasteiger partial charge in [0.15, 0.2) is 6.29 Å². The van der Waals surface area contributed by atoms with Crippen LogP contribution in [0.5, 0.6) is 0 Å². The molecule has 0 N–H and O–H groups in total. The van der Waals surface area contributed by atoms with Gasteiger partial charge in [0.1, 0.15) is 0 Å². The van der Waals surface area contributed by atoms with Crippen molar-refractivity contribution in [1.29, 1.82) is 0 Å². The van der Waals surface area contributed by atoms with Crippen molar-refractivity contribution in [3.63, 3.8) is 0 Å². The summed E-state index contributed by atoms with van der Waals surface area (Å²) in [7, 11) is 0. The number of halogens is 1. The number of rotatable bonds is 2. The predicted octanol–water partition coefficient (Wildman–Crippen LogP) is -0.935. The average molecular weight is 243 g/mol. The fourth-order valence-electron chi connectivity index (χ4n) is 0.985. The van der Waals surface area contributed by atoms with Gasteiger partial charge in [-0.2, -0.15) is 0 Å². The first-order valence-corrected chi connectivity index (χ1v) is 3.81. The summed E-state index contributed by atoms with van der Waals surface area (Å²) in [4.78, 5) is 0. The van der Waals surface area contributed by atoms with E-state index in [2.05, 4.69) is 0 Å². The van der Waals surface area contributed by atoms with Crippen molar-refractivity contribution in [2.45, 2.75) is 32.5 Å². The molecule has 0 spiro atoms. The van der Waals surface area contributed by atoms with Crippen LogP contribution in [-0.2, 0) is 29.0 Å². The molecule has 0 aromatic carbocycles. The molecule has 1 aliphatic heterocycles. The van der Waals surface area contributed by atoms with Gasteiger partial charge in [-0.1, -0.05) is 6.08 Å². The van der Waals surface area contributed by atoms with Crippen LogP contribution in [0.25, 0.3) is 0 Å². The van der Waals surface area contributed by atoms with Gasteiger partial charge >= 0.3 is 0 Å².